The Morgan fingerprint density at radius 2 is 1.86 bits per heavy atom. The van der Waals surface area contributed by atoms with Crippen LogP contribution in [0.2, 0.25) is 0 Å². The quantitative estimate of drug-likeness (QED) is 0.503. The highest BCUT2D eigenvalue weighted by Gasteiger charge is 2.62. The number of hydrogen-bond acceptors (Lipinski definition) is 4. The maximum Gasteiger partial charge on any atom is 0.417 e. The molecule has 3 rings (SSSR count). The van der Waals surface area contributed by atoms with Crippen LogP contribution >= 0.6 is 0 Å². The number of carbonyl (C=O) groups excluding carboxylic acids is 1. The van der Waals surface area contributed by atoms with Gasteiger partial charge in [0.2, 0.25) is 0 Å². The lowest BCUT2D eigenvalue weighted by molar-refractivity contribution is -0.140. The molecule has 0 spiro atoms. The topological polar surface area (TPSA) is 75.0 Å². The molecule has 186 valence electrons. The molecule has 1 heterocycles. The maximum atomic E-state index is 13.3. The molecule has 0 aliphatic heterocycles. The summed E-state index contributed by atoms with van der Waals surface area (Å²) in [6.07, 6.45) is -2.34. The Bertz CT molecular complexity index is 1150. The van der Waals surface area contributed by atoms with Crippen molar-refractivity contribution in [2.75, 3.05) is 6.61 Å². The second-order valence-electron chi connectivity index (χ2n) is 10.1. The second-order valence-corrected chi connectivity index (χ2v) is 10.1. The molecule has 0 radical (unpaired) electrons. The molecule has 0 bridgehead atoms. The number of benzene rings is 1. The molecule has 1 N–H and O–H groups in total. The van der Waals surface area contributed by atoms with Gasteiger partial charge in [0.05, 0.1) is 35.1 Å². The van der Waals surface area contributed by atoms with Crippen molar-refractivity contribution >= 4 is 11.5 Å². The van der Waals surface area contributed by atoms with Crippen LogP contribution < -0.4 is 10.1 Å². The van der Waals surface area contributed by atoms with Gasteiger partial charge in [-0.2, -0.15) is 18.4 Å². The number of pyridine rings is 1. The largest absolute Gasteiger partial charge is 0.493 e. The zero-order valence-electron chi connectivity index (χ0n) is 20.6. The Labute approximate surface area is 204 Å². The van der Waals surface area contributed by atoms with Gasteiger partial charge in [0, 0.05) is 18.2 Å². The molecule has 1 amide bonds. The van der Waals surface area contributed by atoms with Crippen LogP contribution in [0.3, 0.4) is 0 Å². The number of rotatable bonds is 7. The minimum absolute atomic E-state index is 0.0429. The van der Waals surface area contributed by atoms with E-state index in [0.29, 0.717) is 5.56 Å². The summed E-state index contributed by atoms with van der Waals surface area (Å²) in [5.74, 6) is -0.229. The molecule has 5 nitrogen and oxygen atoms in total. The van der Waals surface area contributed by atoms with Crippen molar-refractivity contribution in [1.29, 1.82) is 5.26 Å². The van der Waals surface area contributed by atoms with Gasteiger partial charge in [0.15, 0.2) is 0 Å². The summed E-state index contributed by atoms with van der Waals surface area (Å²) in [6.45, 7) is 14.1. The highest BCUT2D eigenvalue weighted by molar-refractivity contribution is 5.94. The number of alkyl halides is 3. The first-order valence-electron chi connectivity index (χ1n) is 11.4. The average Bonchev–Trinajstić information content (AvgIpc) is 2.80. The SMILES string of the molecule is C=C(CC)c1ccc(C(=O)NC2C(C)(C)C(COc3ccc(C#N)c(C(F)(F)F)c3)C2(C)C)cn1. The Kier molecular flexibility index (Phi) is 7.03. The van der Waals surface area contributed by atoms with Crippen molar-refractivity contribution in [3.05, 3.63) is 65.5 Å². The highest BCUT2D eigenvalue weighted by atomic mass is 19.4. The van der Waals surface area contributed by atoms with Gasteiger partial charge in [0.25, 0.3) is 5.91 Å². The number of amides is 1. The Morgan fingerprint density at radius 1 is 1.20 bits per heavy atom. The number of carbonyl (C=O) groups is 1. The third-order valence-electron chi connectivity index (χ3n) is 7.21. The van der Waals surface area contributed by atoms with Crippen LogP contribution in [-0.4, -0.2) is 23.5 Å². The van der Waals surface area contributed by atoms with E-state index in [9.17, 15) is 18.0 Å². The number of nitrogens with zero attached hydrogens (tertiary/aromatic N) is 2. The zero-order valence-corrected chi connectivity index (χ0v) is 20.6. The lowest BCUT2D eigenvalue weighted by atomic mass is 9.44. The fourth-order valence-corrected chi connectivity index (χ4v) is 5.28. The summed E-state index contributed by atoms with van der Waals surface area (Å²) in [7, 11) is 0. The predicted molar refractivity (Wildman–Crippen MR) is 128 cm³/mol. The second kappa shape index (κ2) is 9.37. The van der Waals surface area contributed by atoms with E-state index < -0.39 is 17.3 Å². The van der Waals surface area contributed by atoms with Crippen molar-refractivity contribution in [2.45, 2.75) is 53.3 Å². The lowest BCUT2D eigenvalue weighted by Crippen LogP contribution is -2.71. The Balaban J connectivity index is 1.70. The van der Waals surface area contributed by atoms with Crippen LogP contribution in [0.25, 0.3) is 5.57 Å². The number of nitrogens with one attached hydrogen (secondary N) is 1. The van der Waals surface area contributed by atoms with Crippen molar-refractivity contribution in [3.8, 4) is 11.8 Å². The molecule has 1 aliphatic rings. The lowest BCUT2D eigenvalue weighted by Gasteiger charge is -2.64. The first kappa shape index (κ1) is 26.3. The fourth-order valence-electron chi connectivity index (χ4n) is 5.28. The number of halogens is 3. The molecule has 0 saturated heterocycles. The van der Waals surface area contributed by atoms with Gasteiger partial charge in [-0.05, 0) is 53.2 Å². The van der Waals surface area contributed by atoms with Crippen LogP contribution in [0.1, 0.15) is 68.2 Å². The number of hydrogen-bond donors (Lipinski definition) is 1. The van der Waals surface area contributed by atoms with Crippen LogP contribution in [0, 0.1) is 28.1 Å². The summed E-state index contributed by atoms with van der Waals surface area (Å²) in [4.78, 5) is 17.2. The van der Waals surface area contributed by atoms with Crippen LogP contribution in [0.5, 0.6) is 5.75 Å². The summed E-state index contributed by atoms with van der Waals surface area (Å²) in [6, 6.07) is 8.23. The van der Waals surface area contributed by atoms with Gasteiger partial charge in [0.1, 0.15) is 5.75 Å². The van der Waals surface area contributed by atoms with Gasteiger partial charge in [-0.1, -0.05) is 41.2 Å². The molecule has 2 aromatic rings. The molecular weight excluding hydrogens is 455 g/mol. The molecular formula is C27H30F3N3O2. The number of ether oxygens (including phenoxy) is 1. The van der Waals surface area contributed by atoms with E-state index in [0.717, 1.165) is 29.8 Å². The minimum Gasteiger partial charge on any atom is -0.493 e. The van der Waals surface area contributed by atoms with Gasteiger partial charge < -0.3 is 10.1 Å². The summed E-state index contributed by atoms with van der Waals surface area (Å²) >= 11 is 0. The first-order chi connectivity index (χ1) is 16.2. The molecule has 1 fully saturated rings. The van der Waals surface area contributed by atoms with E-state index in [-0.39, 0.29) is 41.1 Å². The zero-order chi connectivity index (χ0) is 26.2. The van der Waals surface area contributed by atoms with Gasteiger partial charge in [-0.15, -0.1) is 0 Å². The third kappa shape index (κ3) is 5.04. The fraction of sp³-hybridized carbons (Fsp3) is 0.444. The molecule has 0 unspecified atom stereocenters. The normalized spacial score (nSPS) is 20.3. The van der Waals surface area contributed by atoms with E-state index in [1.807, 2.05) is 34.6 Å². The van der Waals surface area contributed by atoms with Crippen molar-refractivity contribution in [1.82, 2.24) is 10.3 Å². The van der Waals surface area contributed by atoms with E-state index in [2.05, 4.69) is 16.9 Å². The first-order valence-corrected chi connectivity index (χ1v) is 11.4. The van der Waals surface area contributed by atoms with E-state index >= 15 is 0 Å². The van der Waals surface area contributed by atoms with Crippen LogP contribution in [0.15, 0.2) is 43.1 Å². The third-order valence-corrected chi connectivity index (χ3v) is 7.21. The smallest absolute Gasteiger partial charge is 0.417 e. The van der Waals surface area contributed by atoms with Crippen LogP contribution in [0.4, 0.5) is 13.2 Å². The van der Waals surface area contributed by atoms with Gasteiger partial charge in [-0.25, -0.2) is 0 Å². The summed E-state index contributed by atoms with van der Waals surface area (Å²) in [5, 5.41) is 12.1. The van der Waals surface area contributed by atoms with Crippen molar-refractivity contribution in [2.24, 2.45) is 16.7 Å². The molecule has 1 saturated carbocycles. The van der Waals surface area contributed by atoms with E-state index in [1.54, 1.807) is 18.2 Å². The molecule has 35 heavy (non-hydrogen) atoms. The minimum atomic E-state index is -4.65. The average molecular weight is 486 g/mol. The standard InChI is InChI=1S/C27H30F3N3O2/c1-7-16(2)21-11-9-18(14-32-21)23(34)33-24-25(3,4)22(26(24,5)6)15-35-19-10-8-17(13-31)20(12-19)27(28,29)30/h8-12,14,22,24H,2,7,15H2,1,3-6H3,(H,33,34). The van der Waals surface area contributed by atoms with E-state index in [4.69, 9.17) is 10.00 Å². The molecule has 0 atom stereocenters. The summed E-state index contributed by atoms with van der Waals surface area (Å²) in [5.41, 5.74) is -0.116. The number of allylic oxidation sites excluding steroid dienone is 1. The Morgan fingerprint density at radius 3 is 2.37 bits per heavy atom. The predicted octanol–water partition coefficient (Wildman–Crippen LogP) is 6.25. The highest BCUT2D eigenvalue weighted by Crippen LogP contribution is 2.59. The van der Waals surface area contributed by atoms with Crippen LogP contribution in [-0.2, 0) is 6.18 Å². The van der Waals surface area contributed by atoms with Crippen molar-refractivity contribution < 1.29 is 22.7 Å². The Hall–Kier alpha value is -3.34. The summed E-state index contributed by atoms with van der Waals surface area (Å²) < 4.78 is 45.6. The molecule has 1 aromatic carbocycles. The van der Waals surface area contributed by atoms with Gasteiger partial charge in [-0.3, -0.25) is 9.78 Å². The van der Waals surface area contributed by atoms with Crippen molar-refractivity contribution in [3.63, 3.8) is 0 Å². The molecule has 1 aliphatic carbocycles. The monoisotopic (exact) mass is 485 g/mol. The maximum absolute atomic E-state index is 13.3. The number of aromatic nitrogens is 1. The number of nitriles is 1. The molecule has 1 aromatic heterocycles. The van der Waals surface area contributed by atoms with Gasteiger partial charge >= 0.3 is 6.18 Å². The van der Waals surface area contributed by atoms with E-state index in [1.165, 1.54) is 12.3 Å². The molecule has 8 heteroatoms.